The molecule has 1 atom stereocenters. The van der Waals surface area contributed by atoms with Crippen LogP contribution in [0.5, 0.6) is 0 Å². The first-order valence-electron chi connectivity index (χ1n) is 9.54. The van der Waals surface area contributed by atoms with E-state index >= 15 is 0 Å². The lowest BCUT2D eigenvalue weighted by Crippen LogP contribution is -2.50. The van der Waals surface area contributed by atoms with Crippen LogP contribution in [0.2, 0.25) is 5.02 Å². The molecule has 1 N–H and O–H groups in total. The van der Waals surface area contributed by atoms with Crippen molar-refractivity contribution in [1.82, 2.24) is 5.32 Å². The smallest absolute Gasteiger partial charge is 0.266 e. The normalized spacial score (nSPS) is 24.8. The third-order valence-corrected chi connectivity index (χ3v) is 6.23. The number of hydrogen-bond donors (Lipinski definition) is 1. The molecule has 6 heteroatoms. The van der Waals surface area contributed by atoms with Gasteiger partial charge in [-0.3, -0.25) is 19.3 Å². The van der Waals surface area contributed by atoms with Gasteiger partial charge in [0.2, 0.25) is 0 Å². The van der Waals surface area contributed by atoms with Crippen molar-refractivity contribution in [2.24, 2.45) is 5.41 Å². The molecule has 0 radical (unpaired) electrons. The van der Waals surface area contributed by atoms with Crippen molar-refractivity contribution < 1.29 is 14.4 Å². The Kier molecular flexibility index (Phi) is 3.63. The molecule has 2 amide bonds. The maximum atomic E-state index is 13.9. The Labute approximate surface area is 173 Å². The Morgan fingerprint density at radius 3 is 2.38 bits per heavy atom. The highest BCUT2D eigenvalue weighted by Crippen LogP contribution is 2.53. The van der Waals surface area contributed by atoms with Crippen LogP contribution in [0.15, 0.2) is 59.8 Å². The van der Waals surface area contributed by atoms with Gasteiger partial charge in [-0.05, 0) is 42.2 Å². The van der Waals surface area contributed by atoms with Crippen molar-refractivity contribution >= 4 is 34.9 Å². The zero-order chi connectivity index (χ0) is 20.6. The summed E-state index contributed by atoms with van der Waals surface area (Å²) in [7, 11) is 0. The van der Waals surface area contributed by atoms with E-state index in [1.807, 2.05) is 13.8 Å². The molecule has 2 aromatic rings. The number of benzene rings is 2. The number of carbonyl (C=O) groups is 3. The van der Waals surface area contributed by atoms with Crippen molar-refractivity contribution in [3.63, 3.8) is 0 Å². The molecular formula is C23H19ClN2O3. The first kappa shape index (κ1) is 18.1. The summed E-state index contributed by atoms with van der Waals surface area (Å²) in [6.45, 7) is 4.04. The molecule has 0 saturated carbocycles. The van der Waals surface area contributed by atoms with Crippen LogP contribution in [-0.4, -0.2) is 17.6 Å². The number of fused-ring (bicyclic) bond motifs is 3. The minimum absolute atomic E-state index is 0.0990. The molecule has 2 aromatic carbocycles. The number of carbonyl (C=O) groups excluding carboxylic acids is 3. The number of halogens is 1. The Hall–Kier alpha value is -2.92. The molecule has 0 aromatic heterocycles. The van der Waals surface area contributed by atoms with E-state index in [1.165, 1.54) is 0 Å². The topological polar surface area (TPSA) is 66.5 Å². The Bertz CT molecular complexity index is 1130. The molecular weight excluding hydrogens is 388 g/mol. The van der Waals surface area contributed by atoms with E-state index in [0.29, 0.717) is 45.9 Å². The molecule has 0 fully saturated rings. The lowest BCUT2D eigenvalue weighted by Gasteiger charge is -2.33. The molecule has 146 valence electrons. The number of hydrogen-bond acceptors (Lipinski definition) is 3. The maximum Gasteiger partial charge on any atom is 0.266 e. The quantitative estimate of drug-likeness (QED) is 0.779. The average molecular weight is 407 g/mol. The van der Waals surface area contributed by atoms with E-state index in [2.05, 4.69) is 5.32 Å². The molecule has 1 aliphatic carbocycles. The van der Waals surface area contributed by atoms with Crippen LogP contribution in [0.1, 0.15) is 42.6 Å². The van der Waals surface area contributed by atoms with Gasteiger partial charge < -0.3 is 5.32 Å². The van der Waals surface area contributed by atoms with Crippen molar-refractivity contribution in [2.45, 2.75) is 32.2 Å². The fourth-order valence-corrected chi connectivity index (χ4v) is 4.97. The van der Waals surface area contributed by atoms with Gasteiger partial charge in [-0.2, -0.15) is 0 Å². The summed E-state index contributed by atoms with van der Waals surface area (Å²) in [5, 5.41) is 3.44. The summed E-state index contributed by atoms with van der Waals surface area (Å²) in [5.74, 6) is -0.761. The molecule has 0 bridgehead atoms. The molecule has 29 heavy (non-hydrogen) atoms. The molecule has 3 aliphatic rings. The molecule has 1 unspecified atom stereocenters. The summed E-state index contributed by atoms with van der Waals surface area (Å²) in [4.78, 5) is 41.6. The van der Waals surface area contributed by atoms with E-state index < -0.39 is 5.54 Å². The van der Waals surface area contributed by atoms with Crippen LogP contribution >= 0.6 is 11.6 Å². The summed E-state index contributed by atoms with van der Waals surface area (Å²) in [6, 6.07) is 13.9. The van der Waals surface area contributed by atoms with Crippen LogP contribution in [0.25, 0.3) is 0 Å². The van der Waals surface area contributed by atoms with E-state index in [-0.39, 0.29) is 23.0 Å². The van der Waals surface area contributed by atoms with Gasteiger partial charge in [-0.1, -0.05) is 43.6 Å². The van der Waals surface area contributed by atoms with Crippen LogP contribution in [0, 0.1) is 5.41 Å². The zero-order valence-corrected chi connectivity index (χ0v) is 16.8. The third-order valence-electron chi connectivity index (χ3n) is 5.98. The van der Waals surface area contributed by atoms with Gasteiger partial charge in [0.15, 0.2) is 11.3 Å². The van der Waals surface area contributed by atoms with Gasteiger partial charge in [0, 0.05) is 34.0 Å². The maximum absolute atomic E-state index is 13.9. The summed E-state index contributed by atoms with van der Waals surface area (Å²) >= 11 is 6.04. The highest BCUT2D eigenvalue weighted by atomic mass is 35.5. The van der Waals surface area contributed by atoms with E-state index in [4.69, 9.17) is 11.6 Å². The largest absolute Gasteiger partial charge is 0.330 e. The van der Waals surface area contributed by atoms with Gasteiger partial charge in [-0.15, -0.1) is 0 Å². The second kappa shape index (κ2) is 5.80. The molecule has 1 spiro atoms. The molecule has 5 rings (SSSR count). The molecule has 2 heterocycles. The lowest BCUT2D eigenvalue weighted by atomic mass is 9.71. The first-order valence-corrected chi connectivity index (χ1v) is 9.91. The molecule has 5 nitrogen and oxygen atoms in total. The number of allylic oxidation sites excluding steroid dienone is 1. The number of ketones is 1. The standard InChI is InChI=1S/C23H19ClN2O3/c1-22(2)11-17-19(18(27)12-22)23(16-6-4-3-5-15(16)20(28)25-23)21(29)26(17)14-9-7-13(24)8-10-14/h3-10H,11-12H2,1-2H3,(H,25,28). The third kappa shape index (κ3) is 2.37. The Balaban J connectivity index is 1.80. The van der Waals surface area contributed by atoms with Crippen LogP contribution in [0.4, 0.5) is 5.69 Å². The minimum Gasteiger partial charge on any atom is -0.330 e. The number of Topliss-reactive ketones (excluding diaryl/α,β-unsaturated/α-hetero) is 1. The number of nitrogens with one attached hydrogen (secondary N) is 1. The first-order chi connectivity index (χ1) is 13.7. The van der Waals surface area contributed by atoms with Gasteiger partial charge >= 0.3 is 0 Å². The van der Waals surface area contributed by atoms with E-state index in [0.717, 1.165) is 0 Å². The fourth-order valence-electron chi connectivity index (χ4n) is 4.84. The molecule has 2 aliphatic heterocycles. The highest BCUT2D eigenvalue weighted by Gasteiger charge is 2.62. The highest BCUT2D eigenvalue weighted by molar-refractivity contribution is 6.30. The Morgan fingerprint density at radius 1 is 0.966 bits per heavy atom. The summed E-state index contributed by atoms with van der Waals surface area (Å²) in [6.07, 6.45) is 0.885. The fraction of sp³-hybridized carbons (Fsp3) is 0.261. The van der Waals surface area contributed by atoms with E-state index in [1.54, 1.807) is 53.4 Å². The van der Waals surface area contributed by atoms with Crippen LogP contribution in [-0.2, 0) is 15.1 Å². The van der Waals surface area contributed by atoms with Crippen molar-refractivity contribution in [3.05, 3.63) is 76.0 Å². The minimum atomic E-state index is -1.46. The molecule has 0 saturated heterocycles. The van der Waals surface area contributed by atoms with Gasteiger partial charge in [-0.25, -0.2) is 0 Å². The predicted molar refractivity (Wildman–Crippen MR) is 110 cm³/mol. The summed E-state index contributed by atoms with van der Waals surface area (Å²) < 4.78 is 0. The second-order valence-corrected chi connectivity index (χ2v) is 9.07. The van der Waals surface area contributed by atoms with Crippen LogP contribution < -0.4 is 10.2 Å². The number of amides is 2. The SMILES string of the molecule is CC1(C)CC(=O)C2=C(C1)N(c1ccc(Cl)cc1)C(=O)C21NC(=O)c2ccccc21. The zero-order valence-electron chi connectivity index (χ0n) is 16.1. The predicted octanol–water partition coefficient (Wildman–Crippen LogP) is 3.97. The van der Waals surface area contributed by atoms with Crippen molar-refractivity contribution in [1.29, 1.82) is 0 Å². The Morgan fingerprint density at radius 2 is 1.66 bits per heavy atom. The number of rotatable bonds is 1. The number of nitrogens with zero attached hydrogens (tertiary/aromatic N) is 1. The van der Waals surface area contributed by atoms with Crippen molar-refractivity contribution in [2.75, 3.05) is 4.90 Å². The monoisotopic (exact) mass is 406 g/mol. The van der Waals surface area contributed by atoms with Crippen LogP contribution in [0.3, 0.4) is 0 Å². The average Bonchev–Trinajstić information content (AvgIpc) is 3.08. The lowest BCUT2D eigenvalue weighted by molar-refractivity contribution is -0.124. The number of anilines is 1. The van der Waals surface area contributed by atoms with Gasteiger partial charge in [0.05, 0.1) is 5.57 Å². The van der Waals surface area contributed by atoms with Gasteiger partial charge in [0.25, 0.3) is 11.8 Å². The van der Waals surface area contributed by atoms with Crippen molar-refractivity contribution in [3.8, 4) is 0 Å². The van der Waals surface area contributed by atoms with E-state index in [9.17, 15) is 14.4 Å². The second-order valence-electron chi connectivity index (χ2n) is 8.63. The van der Waals surface area contributed by atoms with Gasteiger partial charge in [0.1, 0.15) is 0 Å². The summed E-state index contributed by atoms with van der Waals surface area (Å²) in [5.41, 5.74) is 0.930.